The molecule has 0 bridgehead atoms. The van der Waals surface area contributed by atoms with Crippen molar-refractivity contribution < 1.29 is 14.6 Å². The van der Waals surface area contributed by atoms with Crippen LogP contribution in [0.25, 0.3) is 0 Å². The number of carbonyl (C=O) groups is 1. The van der Waals surface area contributed by atoms with E-state index in [0.29, 0.717) is 35.5 Å². The molecule has 2 N–H and O–H groups in total. The highest BCUT2D eigenvalue weighted by molar-refractivity contribution is 5.69. The highest BCUT2D eigenvalue weighted by Gasteiger charge is 2.63. The number of hydrogen-bond acceptors (Lipinski definition) is 5. The summed E-state index contributed by atoms with van der Waals surface area (Å²) in [6.45, 7) is 10.7. The average Bonchev–Trinajstić information content (AvgIpc) is 3.19. The lowest BCUT2D eigenvalue weighted by Gasteiger charge is -2.62. The number of carbonyl (C=O) groups excluding carboxylic acids is 1. The molecule has 5 nitrogen and oxygen atoms in total. The third-order valence-electron chi connectivity index (χ3n) is 11.8. The van der Waals surface area contributed by atoms with Crippen LogP contribution >= 0.6 is 0 Å². The number of methoxy groups -OCH3 is 1. The number of fused-ring (bicyclic) bond motifs is 5. The SMILES string of the molecule is COC(=O)CC[C@@H](C)[C@H]1CCC2C3CC[C@@H]4CC(CNCCN(C)C)CC[C@]4(C)C3C[C@H](O)[C@@]21C. The van der Waals surface area contributed by atoms with Gasteiger partial charge in [0.15, 0.2) is 0 Å². The van der Waals surface area contributed by atoms with Crippen LogP contribution in [-0.4, -0.2) is 62.9 Å². The van der Waals surface area contributed by atoms with E-state index < -0.39 is 0 Å². The van der Waals surface area contributed by atoms with Crippen molar-refractivity contribution in [1.82, 2.24) is 10.2 Å². The van der Waals surface area contributed by atoms with Gasteiger partial charge in [0.25, 0.3) is 0 Å². The van der Waals surface area contributed by atoms with E-state index in [9.17, 15) is 9.90 Å². The molecule has 0 aliphatic heterocycles. The van der Waals surface area contributed by atoms with Gasteiger partial charge in [-0.15, -0.1) is 0 Å². The summed E-state index contributed by atoms with van der Waals surface area (Å²) in [5.41, 5.74) is 0.410. The zero-order valence-electron chi connectivity index (χ0n) is 23.5. The van der Waals surface area contributed by atoms with E-state index >= 15 is 0 Å². The largest absolute Gasteiger partial charge is 0.469 e. The van der Waals surface area contributed by atoms with E-state index in [1.807, 2.05) is 0 Å². The Labute approximate surface area is 215 Å². The third-order valence-corrected chi connectivity index (χ3v) is 11.8. The van der Waals surface area contributed by atoms with Gasteiger partial charge in [0.2, 0.25) is 0 Å². The van der Waals surface area contributed by atoms with Crippen molar-refractivity contribution in [3.05, 3.63) is 0 Å². The predicted molar refractivity (Wildman–Crippen MR) is 142 cm³/mol. The molecule has 5 heteroatoms. The number of hydrogen-bond donors (Lipinski definition) is 2. The lowest BCUT2D eigenvalue weighted by molar-refractivity contribution is -0.171. The van der Waals surface area contributed by atoms with Crippen LogP contribution in [0.4, 0.5) is 0 Å². The fourth-order valence-corrected chi connectivity index (χ4v) is 9.71. The van der Waals surface area contributed by atoms with Gasteiger partial charge in [-0.25, -0.2) is 0 Å². The molecule has 0 amide bonds. The topological polar surface area (TPSA) is 61.8 Å². The standard InChI is InChI=1S/C30H54N2O3/c1-20(7-12-28(34)35-6)24-10-11-25-23-9-8-22-17-21(19-31-15-16-32(4)5)13-14-29(22,2)26(23)18-27(33)30(24,25)3/h20-27,31,33H,7-19H2,1-6H3/t20-,21?,22-,23?,24-,25?,26?,27+,29+,30-/m1/s1. The Morgan fingerprint density at radius 3 is 2.60 bits per heavy atom. The van der Waals surface area contributed by atoms with E-state index in [4.69, 9.17) is 4.74 Å². The quantitative estimate of drug-likeness (QED) is 0.353. The average molecular weight is 491 g/mol. The molecule has 4 aliphatic rings. The van der Waals surface area contributed by atoms with Crippen LogP contribution in [0.2, 0.25) is 0 Å². The number of nitrogens with zero attached hydrogens (tertiary/aromatic N) is 1. The fraction of sp³-hybridized carbons (Fsp3) is 0.967. The summed E-state index contributed by atoms with van der Waals surface area (Å²) in [4.78, 5) is 14.0. The van der Waals surface area contributed by atoms with E-state index in [2.05, 4.69) is 45.1 Å². The molecule has 0 aromatic rings. The lowest BCUT2D eigenvalue weighted by atomic mass is 9.43. The number of likely N-dealkylation sites (N-methyl/N-ethyl adjacent to an activating group) is 1. The van der Waals surface area contributed by atoms with Crippen molar-refractivity contribution in [2.45, 2.75) is 91.1 Å². The maximum absolute atomic E-state index is 11.8. The Bertz CT molecular complexity index is 728. The van der Waals surface area contributed by atoms with Crippen LogP contribution in [0.3, 0.4) is 0 Å². The van der Waals surface area contributed by atoms with Crippen LogP contribution in [-0.2, 0) is 9.53 Å². The predicted octanol–water partition coefficient (Wildman–Crippen LogP) is 4.97. The molecular weight excluding hydrogens is 436 g/mol. The molecular formula is C30H54N2O3. The van der Waals surface area contributed by atoms with Gasteiger partial charge < -0.3 is 20.1 Å². The number of rotatable bonds is 9. The summed E-state index contributed by atoms with van der Waals surface area (Å²) in [5, 5.41) is 15.5. The number of aliphatic hydroxyl groups is 1. The zero-order valence-corrected chi connectivity index (χ0v) is 23.5. The molecule has 202 valence electrons. The van der Waals surface area contributed by atoms with Crippen LogP contribution in [0, 0.1) is 52.3 Å². The van der Waals surface area contributed by atoms with Gasteiger partial charge in [-0.2, -0.15) is 0 Å². The first-order valence-electron chi connectivity index (χ1n) is 14.7. The van der Waals surface area contributed by atoms with Gasteiger partial charge in [-0.1, -0.05) is 20.8 Å². The van der Waals surface area contributed by atoms with Gasteiger partial charge in [0, 0.05) is 19.5 Å². The summed E-state index contributed by atoms with van der Waals surface area (Å²) >= 11 is 0. The minimum Gasteiger partial charge on any atom is -0.469 e. The molecule has 4 unspecified atom stereocenters. The van der Waals surface area contributed by atoms with Gasteiger partial charge in [-0.3, -0.25) is 4.79 Å². The highest BCUT2D eigenvalue weighted by Crippen LogP contribution is 2.68. The summed E-state index contributed by atoms with van der Waals surface area (Å²) < 4.78 is 4.90. The van der Waals surface area contributed by atoms with Crippen LogP contribution in [0.5, 0.6) is 0 Å². The second kappa shape index (κ2) is 11.0. The summed E-state index contributed by atoms with van der Waals surface area (Å²) in [6, 6.07) is 0. The minimum atomic E-state index is -0.206. The zero-order chi connectivity index (χ0) is 25.4. The molecule has 0 saturated heterocycles. The van der Waals surface area contributed by atoms with Crippen molar-refractivity contribution >= 4 is 5.97 Å². The van der Waals surface area contributed by atoms with Crippen LogP contribution in [0.15, 0.2) is 0 Å². The molecule has 4 saturated carbocycles. The third kappa shape index (κ3) is 5.21. The molecule has 35 heavy (non-hydrogen) atoms. The fourth-order valence-electron chi connectivity index (χ4n) is 9.71. The molecule has 4 rings (SSSR count). The van der Waals surface area contributed by atoms with Crippen molar-refractivity contribution in [3.63, 3.8) is 0 Å². The molecule has 0 aromatic carbocycles. The van der Waals surface area contributed by atoms with Gasteiger partial charge >= 0.3 is 5.97 Å². The Kier molecular flexibility index (Phi) is 8.60. The van der Waals surface area contributed by atoms with Gasteiger partial charge in [-0.05, 0) is 131 Å². The van der Waals surface area contributed by atoms with Crippen molar-refractivity contribution in [3.8, 4) is 0 Å². The second-order valence-electron chi connectivity index (χ2n) is 13.7. The molecule has 4 fully saturated rings. The van der Waals surface area contributed by atoms with E-state index in [1.54, 1.807) is 0 Å². The van der Waals surface area contributed by atoms with E-state index in [0.717, 1.165) is 43.7 Å². The highest BCUT2D eigenvalue weighted by atomic mass is 16.5. The Hall–Kier alpha value is -0.650. The Balaban J connectivity index is 1.40. The Morgan fingerprint density at radius 1 is 1.11 bits per heavy atom. The van der Waals surface area contributed by atoms with Crippen LogP contribution < -0.4 is 5.32 Å². The van der Waals surface area contributed by atoms with E-state index in [1.165, 1.54) is 58.6 Å². The first kappa shape index (κ1) is 27.4. The molecule has 4 aliphatic carbocycles. The number of nitrogens with one attached hydrogen (secondary N) is 1. The second-order valence-corrected chi connectivity index (χ2v) is 13.7. The molecule has 0 heterocycles. The molecule has 0 radical (unpaired) electrons. The smallest absolute Gasteiger partial charge is 0.305 e. The van der Waals surface area contributed by atoms with E-state index in [-0.39, 0.29) is 17.5 Å². The minimum absolute atomic E-state index is 0.00740. The first-order valence-corrected chi connectivity index (χ1v) is 14.7. The van der Waals surface area contributed by atoms with Crippen LogP contribution in [0.1, 0.15) is 85.0 Å². The van der Waals surface area contributed by atoms with Gasteiger partial charge in [0.05, 0.1) is 13.2 Å². The lowest BCUT2D eigenvalue weighted by Crippen LogP contribution is -2.58. The van der Waals surface area contributed by atoms with Crippen molar-refractivity contribution in [1.29, 1.82) is 0 Å². The number of aliphatic hydroxyl groups excluding tert-OH is 1. The summed E-state index contributed by atoms with van der Waals surface area (Å²) in [6.07, 6.45) is 11.5. The molecule has 10 atom stereocenters. The molecule has 0 spiro atoms. The maximum Gasteiger partial charge on any atom is 0.305 e. The summed E-state index contributed by atoms with van der Waals surface area (Å²) in [7, 11) is 5.77. The van der Waals surface area contributed by atoms with Crippen molar-refractivity contribution in [2.75, 3.05) is 40.8 Å². The summed E-state index contributed by atoms with van der Waals surface area (Å²) in [5.74, 6) is 4.61. The monoisotopic (exact) mass is 490 g/mol. The maximum atomic E-state index is 11.8. The Morgan fingerprint density at radius 2 is 1.89 bits per heavy atom. The number of esters is 1. The normalized spacial score (nSPS) is 43.8. The molecule has 0 aromatic heterocycles. The first-order chi connectivity index (χ1) is 16.6. The van der Waals surface area contributed by atoms with Crippen molar-refractivity contribution in [2.24, 2.45) is 52.3 Å². The number of ether oxygens (including phenoxy) is 1. The van der Waals surface area contributed by atoms with Gasteiger partial charge in [0.1, 0.15) is 0 Å².